The van der Waals surface area contributed by atoms with Crippen molar-refractivity contribution in [2.45, 2.75) is 110 Å². The molecule has 0 aromatic heterocycles. The molecule has 0 radical (unpaired) electrons. The van der Waals surface area contributed by atoms with Crippen LogP contribution in [-0.2, 0) is 14.2 Å². The summed E-state index contributed by atoms with van der Waals surface area (Å²) in [7, 11) is 0. The molecule has 0 spiro atoms. The van der Waals surface area contributed by atoms with Crippen LogP contribution in [-0.4, -0.2) is 29.9 Å². The zero-order valence-corrected chi connectivity index (χ0v) is 17.0. The zero-order chi connectivity index (χ0) is 18.6. The van der Waals surface area contributed by atoms with Gasteiger partial charge in [-0.25, -0.2) is 0 Å². The largest absolute Gasteiger partial charge is 0.467 e. The van der Waals surface area contributed by atoms with Gasteiger partial charge in [0.05, 0.1) is 6.61 Å². The first-order chi connectivity index (χ1) is 12.5. The lowest BCUT2D eigenvalue weighted by Crippen LogP contribution is -2.38. The van der Waals surface area contributed by atoms with E-state index in [1.165, 1.54) is 19.3 Å². The molecular formula is C22H38O4. The Morgan fingerprint density at radius 3 is 2.85 bits per heavy atom. The lowest BCUT2D eigenvalue weighted by Gasteiger charge is -2.35. The second-order valence-corrected chi connectivity index (χ2v) is 9.24. The molecule has 3 fully saturated rings. The highest BCUT2D eigenvalue weighted by Gasteiger charge is 2.55. The first-order valence-corrected chi connectivity index (χ1v) is 10.8. The highest BCUT2D eigenvalue weighted by atomic mass is 16.7. The third-order valence-corrected chi connectivity index (χ3v) is 6.45. The van der Waals surface area contributed by atoms with Crippen LogP contribution in [0, 0.1) is 11.3 Å². The van der Waals surface area contributed by atoms with Crippen molar-refractivity contribution in [1.82, 2.24) is 0 Å². The SMILES string of the molecule is CCCCC(C)(C)CC=C(OC1CCCCO1)C12CCCC1CC(O)O2. The zero-order valence-electron chi connectivity index (χ0n) is 17.0. The second kappa shape index (κ2) is 8.62. The van der Waals surface area contributed by atoms with Crippen LogP contribution in [0.1, 0.15) is 91.4 Å². The number of aliphatic hydroxyl groups excluding tert-OH is 1. The number of unbranched alkanes of at least 4 members (excludes halogenated alkanes) is 1. The van der Waals surface area contributed by atoms with E-state index in [1.54, 1.807) is 0 Å². The minimum atomic E-state index is -0.660. The molecule has 0 aromatic rings. The predicted octanol–water partition coefficient (Wildman–Crippen LogP) is 5.30. The number of fused-ring (bicyclic) bond motifs is 1. The van der Waals surface area contributed by atoms with Crippen LogP contribution >= 0.6 is 0 Å². The number of ether oxygens (including phenoxy) is 3. The summed E-state index contributed by atoms with van der Waals surface area (Å²) < 4.78 is 18.4. The maximum atomic E-state index is 10.2. The van der Waals surface area contributed by atoms with Gasteiger partial charge in [0, 0.05) is 18.8 Å². The van der Waals surface area contributed by atoms with Crippen molar-refractivity contribution in [3.05, 3.63) is 11.8 Å². The van der Waals surface area contributed by atoms with Crippen molar-refractivity contribution >= 4 is 0 Å². The number of hydrogen-bond acceptors (Lipinski definition) is 4. The molecule has 4 nitrogen and oxygen atoms in total. The fraction of sp³-hybridized carbons (Fsp3) is 0.909. The molecule has 1 saturated carbocycles. The third-order valence-electron chi connectivity index (χ3n) is 6.45. The molecule has 0 aromatic carbocycles. The van der Waals surface area contributed by atoms with E-state index in [0.29, 0.717) is 5.92 Å². The van der Waals surface area contributed by atoms with E-state index in [9.17, 15) is 5.11 Å². The predicted molar refractivity (Wildman–Crippen MR) is 102 cm³/mol. The minimum Gasteiger partial charge on any atom is -0.467 e. The van der Waals surface area contributed by atoms with Gasteiger partial charge in [0.1, 0.15) is 11.4 Å². The molecule has 2 heterocycles. The lowest BCUT2D eigenvalue weighted by molar-refractivity contribution is -0.185. The highest BCUT2D eigenvalue weighted by Crippen LogP contribution is 2.52. The summed E-state index contributed by atoms with van der Waals surface area (Å²) >= 11 is 0. The molecule has 3 rings (SSSR count). The van der Waals surface area contributed by atoms with Crippen LogP contribution in [0.4, 0.5) is 0 Å². The molecule has 2 aliphatic heterocycles. The Morgan fingerprint density at radius 2 is 2.12 bits per heavy atom. The first kappa shape index (κ1) is 20.2. The van der Waals surface area contributed by atoms with Crippen LogP contribution in [0.15, 0.2) is 11.8 Å². The molecular weight excluding hydrogens is 328 g/mol. The van der Waals surface area contributed by atoms with Gasteiger partial charge in [-0.05, 0) is 56.4 Å². The van der Waals surface area contributed by atoms with Crippen LogP contribution in [0.2, 0.25) is 0 Å². The average Bonchev–Trinajstić information content (AvgIpc) is 3.14. The Labute approximate surface area is 159 Å². The van der Waals surface area contributed by atoms with Gasteiger partial charge in [-0.2, -0.15) is 0 Å². The maximum absolute atomic E-state index is 10.2. The van der Waals surface area contributed by atoms with E-state index in [0.717, 1.165) is 63.7 Å². The third kappa shape index (κ3) is 4.63. The van der Waals surface area contributed by atoms with Crippen molar-refractivity contribution in [2.75, 3.05) is 6.61 Å². The van der Waals surface area contributed by atoms with E-state index in [2.05, 4.69) is 26.8 Å². The number of rotatable bonds is 8. The fourth-order valence-corrected chi connectivity index (χ4v) is 4.82. The van der Waals surface area contributed by atoms with Crippen LogP contribution < -0.4 is 0 Å². The monoisotopic (exact) mass is 366 g/mol. The van der Waals surface area contributed by atoms with Crippen molar-refractivity contribution in [1.29, 1.82) is 0 Å². The highest BCUT2D eigenvalue weighted by molar-refractivity contribution is 5.19. The maximum Gasteiger partial charge on any atom is 0.199 e. The molecule has 0 bridgehead atoms. The Hall–Kier alpha value is -0.580. The molecule has 0 amide bonds. The van der Waals surface area contributed by atoms with Gasteiger partial charge in [-0.3, -0.25) is 0 Å². The van der Waals surface area contributed by atoms with Crippen LogP contribution in [0.5, 0.6) is 0 Å². The van der Waals surface area contributed by atoms with Crippen molar-refractivity contribution < 1.29 is 19.3 Å². The summed E-state index contributed by atoms with van der Waals surface area (Å²) in [6.07, 6.45) is 13.3. The van der Waals surface area contributed by atoms with E-state index < -0.39 is 11.9 Å². The van der Waals surface area contributed by atoms with Gasteiger partial charge in [0.2, 0.25) is 0 Å². The summed E-state index contributed by atoms with van der Waals surface area (Å²) in [5.41, 5.74) is -0.180. The van der Waals surface area contributed by atoms with Crippen LogP contribution in [0.3, 0.4) is 0 Å². The molecule has 26 heavy (non-hydrogen) atoms. The summed E-state index contributed by atoms with van der Waals surface area (Å²) in [5, 5.41) is 10.2. The van der Waals surface area contributed by atoms with E-state index in [4.69, 9.17) is 14.2 Å². The Balaban J connectivity index is 1.78. The smallest absolute Gasteiger partial charge is 0.199 e. The van der Waals surface area contributed by atoms with Crippen molar-refractivity contribution in [3.63, 3.8) is 0 Å². The molecule has 150 valence electrons. The Bertz CT molecular complexity index is 481. The van der Waals surface area contributed by atoms with E-state index in [1.807, 2.05) is 0 Å². The number of hydrogen-bond donors (Lipinski definition) is 1. The van der Waals surface area contributed by atoms with Gasteiger partial charge in [0.25, 0.3) is 0 Å². The van der Waals surface area contributed by atoms with Gasteiger partial charge < -0.3 is 19.3 Å². The second-order valence-electron chi connectivity index (χ2n) is 9.24. The Morgan fingerprint density at radius 1 is 1.27 bits per heavy atom. The molecule has 1 N–H and O–H groups in total. The molecule has 3 aliphatic rings. The van der Waals surface area contributed by atoms with E-state index >= 15 is 0 Å². The molecule has 4 heteroatoms. The lowest BCUT2D eigenvalue weighted by atomic mass is 9.82. The number of allylic oxidation sites excluding steroid dienone is 1. The van der Waals surface area contributed by atoms with Gasteiger partial charge >= 0.3 is 0 Å². The van der Waals surface area contributed by atoms with Gasteiger partial charge in [-0.15, -0.1) is 0 Å². The fourth-order valence-electron chi connectivity index (χ4n) is 4.82. The summed E-state index contributed by atoms with van der Waals surface area (Å²) in [5.74, 6) is 1.30. The molecule has 4 atom stereocenters. The normalized spacial score (nSPS) is 35.5. The van der Waals surface area contributed by atoms with Gasteiger partial charge in [0.15, 0.2) is 12.6 Å². The summed E-state index contributed by atoms with van der Waals surface area (Å²) in [4.78, 5) is 0. The molecule has 4 unspecified atom stereocenters. The standard InChI is InChI=1S/C22H38O4/c1-4-5-12-21(2,3)14-11-18(25-20-10-6-7-15-24-20)22-13-8-9-17(22)16-19(23)26-22/h11,17,19-20,23H,4-10,12-16H2,1-3H3. The Kier molecular flexibility index (Phi) is 6.68. The van der Waals surface area contributed by atoms with E-state index in [-0.39, 0.29) is 11.7 Å². The molecule has 2 saturated heterocycles. The first-order valence-electron chi connectivity index (χ1n) is 10.8. The average molecular weight is 367 g/mol. The van der Waals surface area contributed by atoms with Gasteiger partial charge in [-0.1, -0.05) is 33.6 Å². The van der Waals surface area contributed by atoms with Crippen molar-refractivity contribution in [2.24, 2.45) is 11.3 Å². The van der Waals surface area contributed by atoms with Crippen LogP contribution in [0.25, 0.3) is 0 Å². The number of aliphatic hydroxyl groups is 1. The summed E-state index contributed by atoms with van der Waals surface area (Å²) in [6.45, 7) is 7.70. The quantitative estimate of drug-likeness (QED) is 0.592. The van der Waals surface area contributed by atoms with Crippen molar-refractivity contribution in [3.8, 4) is 0 Å². The molecule has 1 aliphatic carbocycles. The topological polar surface area (TPSA) is 47.9 Å². The minimum absolute atomic E-state index is 0.161. The summed E-state index contributed by atoms with van der Waals surface area (Å²) in [6, 6.07) is 0.